The average molecular weight is 471 g/mol. The molecular formula is C27H23B2N5O2. The number of nitrogens with two attached hydrogens (primary N) is 1. The van der Waals surface area contributed by atoms with Gasteiger partial charge in [-0.1, -0.05) is 24.3 Å². The van der Waals surface area contributed by atoms with E-state index in [1.165, 1.54) is 4.68 Å². The number of benzene rings is 2. The molecule has 3 N–H and O–H groups in total. The highest BCUT2D eigenvalue weighted by Crippen LogP contribution is 2.54. The van der Waals surface area contributed by atoms with Crippen LogP contribution in [-0.2, 0) is 16.6 Å². The van der Waals surface area contributed by atoms with Crippen molar-refractivity contribution in [1.29, 1.82) is 0 Å². The van der Waals surface area contributed by atoms with Crippen LogP contribution in [0.2, 0.25) is 0 Å². The smallest absolute Gasteiger partial charge is 0.251 e. The SMILES string of the molecule is [B]C([B])(c1ccc2c(c1)C1OC2c2cc(C(=O)NCc3c(C)cc(N)nc3C)ccc21)n1cccn1. The van der Waals surface area contributed by atoms with Crippen molar-refractivity contribution < 1.29 is 9.53 Å². The minimum atomic E-state index is -1.28. The third-order valence-corrected chi connectivity index (χ3v) is 7.18. The summed E-state index contributed by atoms with van der Waals surface area (Å²) < 4.78 is 7.86. The van der Waals surface area contributed by atoms with Crippen LogP contribution in [0.5, 0.6) is 0 Å². The maximum Gasteiger partial charge on any atom is 0.251 e. The van der Waals surface area contributed by atoms with Crippen molar-refractivity contribution >= 4 is 27.4 Å². The van der Waals surface area contributed by atoms with Gasteiger partial charge < -0.3 is 15.8 Å². The van der Waals surface area contributed by atoms with E-state index in [0.717, 1.165) is 44.6 Å². The van der Waals surface area contributed by atoms with E-state index in [2.05, 4.69) is 15.4 Å². The summed E-state index contributed by atoms with van der Waals surface area (Å²) in [5.74, 6) is 0.327. The number of pyridine rings is 1. The summed E-state index contributed by atoms with van der Waals surface area (Å²) in [4.78, 5) is 17.3. The molecular weight excluding hydrogens is 448 g/mol. The molecule has 4 radical (unpaired) electrons. The molecule has 36 heavy (non-hydrogen) atoms. The summed E-state index contributed by atoms with van der Waals surface area (Å²) in [6, 6.07) is 15.2. The average Bonchev–Trinajstić information content (AvgIpc) is 3.59. The van der Waals surface area contributed by atoms with Crippen molar-refractivity contribution in [2.45, 2.75) is 37.9 Å². The van der Waals surface area contributed by atoms with Gasteiger partial charge in [0, 0.05) is 35.5 Å². The first kappa shape index (κ1) is 22.6. The maximum absolute atomic E-state index is 13.0. The Hall–Kier alpha value is -3.84. The van der Waals surface area contributed by atoms with Gasteiger partial charge in [0.15, 0.2) is 0 Å². The summed E-state index contributed by atoms with van der Waals surface area (Å²) in [6.07, 6.45) is 2.93. The van der Waals surface area contributed by atoms with Crippen molar-refractivity contribution in [3.05, 3.63) is 111 Å². The topological polar surface area (TPSA) is 95.1 Å². The Kier molecular flexibility index (Phi) is 5.09. The van der Waals surface area contributed by atoms with E-state index in [1.54, 1.807) is 18.5 Å². The quantitative estimate of drug-likeness (QED) is 0.437. The summed E-state index contributed by atoms with van der Waals surface area (Å²) in [7, 11) is 12.8. The molecule has 4 aromatic rings. The number of aryl methyl sites for hydroxylation is 2. The Bertz CT molecular complexity index is 1490. The van der Waals surface area contributed by atoms with E-state index in [1.807, 2.05) is 56.3 Å². The third-order valence-electron chi connectivity index (χ3n) is 7.18. The molecule has 0 saturated heterocycles. The Balaban J connectivity index is 1.24. The fourth-order valence-corrected chi connectivity index (χ4v) is 5.28. The van der Waals surface area contributed by atoms with Crippen molar-refractivity contribution in [1.82, 2.24) is 20.1 Å². The molecule has 2 bridgehead atoms. The number of nitrogen functional groups attached to an aromatic ring is 1. The van der Waals surface area contributed by atoms with Gasteiger partial charge in [-0.2, -0.15) is 5.10 Å². The second kappa shape index (κ2) is 8.10. The minimum Gasteiger partial charge on any atom is -0.384 e. The largest absolute Gasteiger partial charge is 0.384 e. The molecule has 9 heteroatoms. The number of hydrogen-bond donors (Lipinski definition) is 2. The predicted molar refractivity (Wildman–Crippen MR) is 138 cm³/mol. The van der Waals surface area contributed by atoms with Crippen LogP contribution in [0.1, 0.15) is 67.2 Å². The van der Waals surface area contributed by atoms with E-state index < -0.39 is 5.34 Å². The van der Waals surface area contributed by atoms with Crippen LogP contribution in [0.4, 0.5) is 5.82 Å². The van der Waals surface area contributed by atoms with E-state index in [9.17, 15) is 4.79 Å². The molecule has 0 fully saturated rings. The van der Waals surface area contributed by atoms with Gasteiger partial charge in [0.2, 0.25) is 0 Å². The lowest BCUT2D eigenvalue weighted by atomic mass is 9.58. The number of hydrogen-bond acceptors (Lipinski definition) is 5. The van der Waals surface area contributed by atoms with E-state index in [4.69, 9.17) is 26.2 Å². The normalized spacial score (nSPS) is 17.6. The molecule has 4 heterocycles. The lowest BCUT2D eigenvalue weighted by Gasteiger charge is -2.29. The molecule has 2 aliphatic rings. The fraction of sp³-hybridized carbons (Fsp3) is 0.222. The highest BCUT2D eigenvalue weighted by Gasteiger charge is 2.43. The summed E-state index contributed by atoms with van der Waals surface area (Å²) in [5.41, 5.74) is 14.1. The van der Waals surface area contributed by atoms with Crippen LogP contribution in [0.15, 0.2) is 60.9 Å². The molecule has 0 saturated carbocycles. The van der Waals surface area contributed by atoms with Gasteiger partial charge in [0.05, 0.1) is 15.7 Å². The Morgan fingerprint density at radius 2 is 1.81 bits per heavy atom. The highest BCUT2D eigenvalue weighted by molar-refractivity contribution is 6.39. The molecule has 2 unspecified atom stereocenters. The van der Waals surface area contributed by atoms with Crippen LogP contribution in [0.25, 0.3) is 0 Å². The van der Waals surface area contributed by atoms with Gasteiger partial charge >= 0.3 is 0 Å². The second-order valence-electron chi connectivity index (χ2n) is 9.47. The van der Waals surface area contributed by atoms with Gasteiger partial charge in [-0.15, -0.1) is 0 Å². The maximum atomic E-state index is 13.0. The zero-order valence-corrected chi connectivity index (χ0v) is 20.0. The number of ether oxygens (including phenoxy) is 1. The van der Waals surface area contributed by atoms with Crippen LogP contribution < -0.4 is 11.1 Å². The lowest BCUT2D eigenvalue weighted by molar-refractivity contribution is 0.0857. The molecule has 174 valence electrons. The first-order valence-electron chi connectivity index (χ1n) is 11.8. The predicted octanol–water partition coefficient (Wildman–Crippen LogP) is 2.93. The van der Waals surface area contributed by atoms with Crippen LogP contribution in [0, 0.1) is 13.8 Å². The molecule has 6 rings (SSSR count). The first-order valence-corrected chi connectivity index (χ1v) is 11.8. The number of anilines is 1. The first-order chi connectivity index (χ1) is 17.2. The highest BCUT2D eigenvalue weighted by atomic mass is 16.5. The zero-order valence-electron chi connectivity index (χ0n) is 20.0. The number of carbonyl (C=O) groups excluding carboxylic acids is 1. The molecule has 0 spiro atoms. The second-order valence-corrected chi connectivity index (χ2v) is 9.47. The van der Waals surface area contributed by atoms with Crippen LogP contribution >= 0.6 is 0 Å². The van der Waals surface area contributed by atoms with Crippen LogP contribution in [0.3, 0.4) is 0 Å². The van der Waals surface area contributed by atoms with Crippen LogP contribution in [-0.4, -0.2) is 36.4 Å². The molecule has 2 aromatic carbocycles. The molecule has 7 nitrogen and oxygen atoms in total. The number of rotatable bonds is 5. The fourth-order valence-electron chi connectivity index (χ4n) is 5.28. The number of nitrogens with zero attached hydrogens (tertiary/aromatic N) is 3. The molecule has 2 aromatic heterocycles. The van der Waals surface area contributed by atoms with Crippen molar-refractivity contribution in [3.63, 3.8) is 0 Å². The van der Waals surface area contributed by atoms with Crippen molar-refractivity contribution in [3.8, 4) is 0 Å². The van der Waals surface area contributed by atoms with Gasteiger partial charge in [0.25, 0.3) is 5.91 Å². The Morgan fingerprint density at radius 1 is 1.08 bits per heavy atom. The number of fused-ring (bicyclic) bond motifs is 8. The molecule has 2 atom stereocenters. The molecule has 2 aliphatic heterocycles. The number of nitrogens with one attached hydrogen (secondary N) is 1. The van der Waals surface area contributed by atoms with Gasteiger partial charge in [-0.3, -0.25) is 9.48 Å². The number of amides is 1. The standard InChI is InChI=1S/C27H23B2N5O2/c1-14-10-23(30)33-15(2)22(14)13-31-26(35)16-4-6-18-20(11-16)24-19-7-5-17(12-21(19)25(18)36-24)27(28,29)34-9-3-8-32-34/h3-12,24-25H,13H2,1-2H3,(H2,30,33)(H,31,35). The monoisotopic (exact) mass is 471 g/mol. The Morgan fingerprint density at radius 3 is 2.50 bits per heavy atom. The number of carbonyl (C=O) groups is 1. The Labute approximate surface area is 211 Å². The van der Waals surface area contributed by atoms with Gasteiger partial charge in [-0.25, -0.2) is 4.98 Å². The van der Waals surface area contributed by atoms with E-state index >= 15 is 0 Å². The van der Waals surface area contributed by atoms with Gasteiger partial charge in [-0.05, 0) is 77.1 Å². The minimum absolute atomic E-state index is 0.151. The van der Waals surface area contributed by atoms with Crippen molar-refractivity contribution in [2.75, 3.05) is 5.73 Å². The molecule has 0 aliphatic carbocycles. The summed E-state index contributed by atoms with van der Waals surface area (Å²) in [6.45, 7) is 4.24. The summed E-state index contributed by atoms with van der Waals surface area (Å²) in [5, 5.41) is 5.94. The van der Waals surface area contributed by atoms with Crippen molar-refractivity contribution in [2.24, 2.45) is 0 Å². The number of aromatic nitrogens is 3. The zero-order chi connectivity index (χ0) is 25.2. The lowest BCUT2D eigenvalue weighted by Crippen LogP contribution is -2.36. The third kappa shape index (κ3) is 3.45. The summed E-state index contributed by atoms with van der Waals surface area (Å²) >= 11 is 0. The van der Waals surface area contributed by atoms with E-state index in [-0.39, 0.29) is 18.1 Å². The van der Waals surface area contributed by atoms with Gasteiger partial charge in [0.1, 0.15) is 18.0 Å². The van der Waals surface area contributed by atoms with E-state index in [0.29, 0.717) is 17.9 Å². The molecule has 1 amide bonds.